The van der Waals surface area contributed by atoms with Gasteiger partial charge in [-0.3, -0.25) is 0 Å². The number of aromatic hydroxyl groups is 1. The minimum Gasteiger partial charge on any atom is -0.543 e. The first-order valence-corrected chi connectivity index (χ1v) is 11.7. The maximum Gasteiger partial charge on any atom is 0.250 e. The maximum absolute atomic E-state index is 10.3. The van der Waals surface area contributed by atoms with Crippen molar-refractivity contribution in [3.63, 3.8) is 0 Å². The molecule has 0 aliphatic carbocycles. The fourth-order valence-electron chi connectivity index (χ4n) is 2.36. The summed E-state index contributed by atoms with van der Waals surface area (Å²) < 4.78 is 6.31. The van der Waals surface area contributed by atoms with Crippen LogP contribution in [-0.2, 0) is 6.61 Å². The second kappa shape index (κ2) is 7.02. The molecular formula is C20H27ClO3Si. The first-order chi connectivity index (χ1) is 11.5. The Labute approximate surface area is 156 Å². The van der Waals surface area contributed by atoms with Gasteiger partial charge in [0.1, 0.15) is 11.5 Å². The second-order valence-corrected chi connectivity index (χ2v) is 13.1. The molecule has 5 heteroatoms. The summed E-state index contributed by atoms with van der Waals surface area (Å²) in [5.41, 5.74) is 2.88. The van der Waals surface area contributed by atoms with E-state index >= 15 is 0 Å². The summed E-state index contributed by atoms with van der Waals surface area (Å²) in [7, 11) is -1.96. The van der Waals surface area contributed by atoms with E-state index in [-0.39, 0.29) is 17.4 Å². The summed E-state index contributed by atoms with van der Waals surface area (Å²) in [6, 6.07) is 8.98. The molecule has 0 saturated carbocycles. The number of hydrogen-bond acceptors (Lipinski definition) is 3. The number of aliphatic hydroxyl groups excluding tert-OH is 1. The van der Waals surface area contributed by atoms with Gasteiger partial charge in [0.15, 0.2) is 0 Å². The third-order valence-electron chi connectivity index (χ3n) is 4.99. The third kappa shape index (κ3) is 4.19. The molecular weight excluding hydrogens is 352 g/mol. The monoisotopic (exact) mass is 378 g/mol. The standard InChI is InChI=1S/C20H27ClO3Si/c1-13-9-19(23)17(11-18(13)21)16-8-7-15(10-14(16)12-22)24-25(5,6)20(2,3)4/h7-11,22-23H,12H2,1-6H3. The van der Waals surface area contributed by atoms with Crippen molar-refractivity contribution < 1.29 is 14.6 Å². The lowest BCUT2D eigenvalue weighted by Gasteiger charge is -2.36. The molecule has 3 nitrogen and oxygen atoms in total. The molecule has 136 valence electrons. The van der Waals surface area contributed by atoms with Gasteiger partial charge in [-0.2, -0.15) is 0 Å². The molecule has 2 rings (SSSR count). The number of hydrogen-bond donors (Lipinski definition) is 2. The highest BCUT2D eigenvalue weighted by atomic mass is 35.5. The van der Waals surface area contributed by atoms with Gasteiger partial charge in [0, 0.05) is 10.6 Å². The molecule has 2 aromatic carbocycles. The zero-order chi connectivity index (χ0) is 19.0. The Bertz CT molecular complexity index is 779. The Morgan fingerprint density at radius 2 is 1.72 bits per heavy atom. The van der Waals surface area contributed by atoms with E-state index in [0.717, 1.165) is 16.9 Å². The molecule has 0 atom stereocenters. The van der Waals surface area contributed by atoms with E-state index in [9.17, 15) is 10.2 Å². The Morgan fingerprint density at radius 1 is 1.08 bits per heavy atom. The van der Waals surface area contributed by atoms with Crippen LogP contribution in [-0.4, -0.2) is 18.5 Å². The van der Waals surface area contributed by atoms with Crippen LogP contribution in [0.5, 0.6) is 11.5 Å². The van der Waals surface area contributed by atoms with Crippen molar-refractivity contribution in [2.75, 3.05) is 0 Å². The molecule has 0 spiro atoms. The van der Waals surface area contributed by atoms with Crippen molar-refractivity contribution in [2.45, 2.75) is 52.4 Å². The minimum absolute atomic E-state index is 0.0911. The van der Waals surface area contributed by atoms with Crippen LogP contribution in [0.3, 0.4) is 0 Å². The highest BCUT2D eigenvalue weighted by Gasteiger charge is 2.39. The average Bonchev–Trinajstić information content (AvgIpc) is 2.49. The molecule has 0 aliphatic rings. The number of aryl methyl sites for hydroxylation is 1. The van der Waals surface area contributed by atoms with Crippen molar-refractivity contribution in [3.05, 3.63) is 46.5 Å². The zero-order valence-corrected chi connectivity index (χ0v) is 17.5. The summed E-state index contributed by atoms with van der Waals surface area (Å²) in [5, 5.41) is 20.8. The molecule has 0 aliphatic heterocycles. The largest absolute Gasteiger partial charge is 0.543 e. The average molecular weight is 379 g/mol. The van der Waals surface area contributed by atoms with Gasteiger partial charge in [-0.05, 0) is 66.0 Å². The molecule has 0 unspecified atom stereocenters. The van der Waals surface area contributed by atoms with E-state index in [1.807, 2.05) is 25.1 Å². The number of halogens is 1. The molecule has 0 fully saturated rings. The van der Waals surface area contributed by atoms with E-state index in [0.29, 0.717) is 16.1 Å². The first kappa shape index (κ1) is 19.8. The van der Waals surface area contributed by atoms with Gasteiger partial charge < -0.3 is 14.6 Å². The van der Waals surface area contributed by atoms with E-state index in [2.05, 4.69) is 33.9 Å². The topological polar surface area (TPSA) is 49.7 Å². The van der Waals surface area contributed by atoms with Gasteiger partial charge in [0.05, 0.1) is 6.61 Å². The van der Waals surface area contributed by atoms with Gasteiger partial charge in [0.2, 0.25) is 8.32 Å². The number of aliphatic hydroxyl groups is 1. The maximum atomic E-state index is 10.3. The van der Waals surface area contributed by atoms with Crippen LogP contribution in [0.4, 0.5) is 0 Å². The summed E-state index contributed by atoms with van der Waals surface area (Å²) in [4.78, 5) is 0. The van der Waals surface area contributed by atoms with Crippen molar-refractivity contribution >= 4 is 19.9 Å². The molecule has 0 bridgehead atoms. The van der Waals surface area contributed by atoms with Gasteiger partial charge >= 0.3 is 0 Å². The predicted octanol–water partition coefficient (Wildman–Crippen LogP) is 5.90. The Kier molecular flexibility index (Phi) is 5.57. The van der Waals surface area contributed by atoms with Crippen molar-refractivity contribution in [2.24, 2.45) is 0 Å². The Hall–Kier alpha value is -1.49. The van der Waals surface area contributed by atoms with Crippen LogP contribution in [0.1, 0.15) is 31.9 Å². The van der Waals surface area contributed by atoms with Crippen molar-refractivity contribution in [1.82, 2.24) is 0 Å². The molecule has 2 N–H and O–H groups in total. The highest BCUT2D eigenvalue weighted by molar-refractivity contribution is 6.74. The van der Waals surface area contributed by atoms with Crippen LogP contribution in [0.2, 0.25) is 23.2 Å². The lowest BCUT2D eigenvalue weighted by molar-refractivity contribution is 0.282. The number of rotatable bonds is 4. The second-order valence-electron chi connectivity index (χ2n) is 7.96. The number of benzene rings is 2. The number of phenols is 1. The molecule has 0 heterocycles. The van der Waals surface area contributed by atoms with E-state index in [1.54, 1.807) is 12.1 Å². The van der Waals surface area contributed by atoms with Crippen LogP contribution in [0, 0.1) is 6.92 Å². The van der Waals surface area contributed by atoms with Crippen LogP contribution >= 0.6 is 11.6 Å². The smallest absolute Gasteiger partial charge is 0.250 e. The third-order valence-corrected chi connectivity index (χ3v) is 9.76. The van der Waals surface area contributed by atoms with Crippen LogP contribution in [0.25, 0.3) is 11.1 Å². The first-order valence-electron chi connectivity index (χ1n) is 8.38. The molecule has 2 aromatic rings. The molecule has 0 radical (unpaired) electrons. The number of phenolic OH excluding ortho intramolecular Hbond substituents is 1. The van der Waals surface area contributed by atoms with Crippen molar-refractivity contribution in [3.8, 4) is 22.6 Å². The Morgan fingerprint density at radius 3 is 2.28 bits per heavy atom. The lowest BCUT2D eigenvalue weighted by Crippen LogP contribution is -2.43. The molecule has 0 aromatic heterocycles. The predicted molar refractivity (Wildman–Crippen MR) is 107 cm³/mol. The lowest BCUT2D eigenvalue weighted by atomic mass is 9.98. The fraction of sp³-hybridized carbons (Fsp3) is 0.400. The van der Waals surface area contributed by atoms with E-state index < -0.39 is 8.32 Å². The summed E-state index contributed by atoms with van der Waals surface area (Å²) in [5.74, 6) is 0.895. The van der Waals surface area contributed by atoms with Gasteiger partial charge in [0.25, 0.3) is 0 Å². The molecule has 0 amide bonds. The normalized spacial score (nSPS) is 12.3. The van der Waals surface area contributed by atoms with Gasteiger partial charge in [-0.1, -0.05) is 38.4 Å². The minimum atomic E-state index is -1.96. The SMILES string of the molecule is Cc1cc(O)c(-c2ccc(O[Si](C)(C)C(C)(C)C)cc2CO)cc1Cl. The zero-order valence-electron chi connectivity index (χ0n) is 15.8. The van der Waals surface area contributed by atoms with Crippen molar-refractivity contribution in [1.29, 1.82) is 0 Å². The highest BCUT2D eigenvalue weighted by Crippen LogP contribution is 2.40. The van der Waals surface area contributed by atoms with E-state index in [1.165, 1.54) is 0 Å². The summed E-state index contributed by atoms with van der Waals surface area (Å²) in [6.07, 6.45) is 0. The van der Waals surface area contributed by atoms with Gasteiger partial charge in [-0.15, -0.1) is 0 Å². The van der Waals surface area contributed by atoms with E-state index in [4.69, 9.17) is 16.0 Å². The van der Waals surface area contributed by atoms with Gasteiger partial charge in [-0.25, -0.2) is 0 Å². The molecule has 0 saturated heterocycles. The Balaban J connectivity index is 2.46. The quantitative estimate of drug-likeness (QED) is 0.651. The molecule has 25 heavy (non-hydrogen) atoms. The summed E-state index contributed by atoms with van der Waals surface area (Å²) >= 11 is 6.21. The fourth-order valence-corrected chi connectivity index (χ4v) is 3.54. The van der Waals surface area contributed by atoms with Crippen LogP contribution in [0.15, 0.2) is 30.3 Å². The summed E-state index contributed by atoms with van der Waals surface area (Å²) in [6.45, 7) is 12.6. The van der Waals surface area contributed by atoms with Crippen LogP contribution < -0.4 is 4.43 Å².